The zero-order valence-electron chi connectivity index (χ0n) is 12.4. The van der Waals surface area contributed by atoms with Gasteiger partial charge in [0.15, 0.2) is 0 Å². The zero-order valence-corrected chi connectivity index (χ0v) is 12.4. The highest BCUT2D eigenvalue weighted by molar-refractivity contribution is 5.90. The molecule has 112 valence electrons. The molecule has 0 aliphatic rings. The Hall–Kier alpha value is -1.66. The van der Waals surface area contributed by atoms with Crippen LogP contribution in [0.25, 0.3) is 0 Å². The van der Waals surface area contributed by atoms with Crippen LogP contribution in [0.5, 0.6) is 0 Å². The van der Waals surface area contributed by atoms with Crippen molar-refractivity contribution in [1.82, 2.24) is 15.1 Å². The fourth-order valence-corrected chi connectivity index (χ4v) is 1.65. The first-order valence-electron chi connectivity index (χ1n) is 6.67. The third-order valence-corrected chi connectivity index (χ3v) is 2.62. The molecule has 0 radical (unpaired) electrons. The molecule has 0 saturated heterocycles. The third-order valence-electron chi connectivity index (χ3n) is 2.62. The van der Waals surface area contributed by atoms with Gasteiger partial charge >= 0.3 is 5.97 Å². The molecule has 0 spiro atoms. The van der Waals surface area contributed by atoms with Gasteiger partial charge in [-0.1, -0.05) is 12.2 Å². The van der Waals surface area contributed by atoms with E-state index in [2.05, 4.69) is 17.0 Å². The van der Waals surface area contributed by atoms with Crippen molar-refractivity contribution in [1.29, 1.82) is 0 Å². The molecule has 0 saturated carbocycles. The summed E-state index contributed by atoms with van der Waals surface area (Å²) in [6.45, 7) is 10.2. The molecule has 0 aliphatic heterocycles. The Morgan fingerprint density at radius 2 is 2.30 bits per heavy atom. The van der Waals surface area contributed by atoms with Gasteiger partial charge < -0.3 is 14.8 Å². The summed E-state index contributed by atoms with van der Waals surface area (Å²) in [4.78, 5) is 11.8. The van der Waals surface area contributed by atoms with Crippen LogP contribution in [-0.4, -0.2) is 42.1 Å². The van der Waals surface area contributed by atoms with E-state index in [4.69, 9.17) is 9.47 Å². The number of nitrogens with one attached hydrogen (secondary N) is 1. The normalized spacial score (nSPS) is 10.6. The maximum atomic E-state index is 11.8. The van der Waals surface area contributed by atoms with E-state index in [0.717, 1.165) is 11.3 Å². The SMILES string of the molecule is C=C(C)COCCNCc1c(C(=O)OCC)cnn1C. The fraction of sp³-hybridized carbons (Fsp3) is 0.571. The molecule has 1 N–H and O–H groups in total. The van der Waals surface area contributed by atoms with Crippen molar-refractivity contribution in [3.05, 3.63) is 29.6 Å². The number of ether oxygens (including phenoxy) is 2. The Bertz CT molecular complexity index is 455. The number of esters is 1. The molecule has 0 aromatic carbocycles. The maximum Gasteiger partial charge on any atom is 0.341 e. The van der Waals surface area contributed by atoms with Gasteiger partial charge in [-0.05, 0) is 13.8 Å². The van der Waals surface area contributed by atoms with Crippen LogP contribution < -0.4 is 5.32 Å². The van der Waals surface area contributed by atoms with Crippen LogP contribution >= 0.6 is 0 Å². The smallest absolute Gasteiger partial charge is 0.341 e. The van der Waals surface area contributed by atoms with Gasteiger partial charge in [0.05, 0.1) is 31.7 Å². The summed E-state index contributed by atoms with van der Waals surface area (Å²) in [5.74, 6) is -0.337. The quantitative estimate of drug-likeness (QED) is 0.419. The van der Waals surface area contributed by atoms with E-state index >= 15 is 0 Å². The largest absolute Gasteiger partial charge is 0.462 e. The monoisotopic (exact) mass is 281 g/mol. The second kappa shape index (κ2) is 8.50. The van der Waals surface area contributed by atoms with E-state index in [0.29, 0.717) is 38.5 Å². The number of hydrogen-bond donors (Lipinski definition) is 1. The molecular weight excluding hydrogens is 258 g/mol. The highest BCUT2D eigenvalue weighted by Gasteiger charge is 2.16. The average Bonchev–Trinajstić information content (AvgIpc) is 2.75. The van der Waals surface area contributed by atoms with Crippen molar-refractivity contribution in [2.75, 3.05) is 26.4 Å². The summed E-state index contributed by atoms with van der Waals surface area (Å²) in [5, 5.41) is 7.31. The summed E-state index contributed by atoms with van der Waals surface area (Å²) in [5.41, 5.74) is 2.31. The number of rotatable bonds is 9. The van der Waals surface area contributed by atoms with Crippen LogP contribution in [0.15, 0.2) is 18.3 Å². The molecule has 20 heavy (non-hydrogen) atoms. The minimum absolute atomic E-state index is 0.337. The summed E-state index contributed by atoms with van der Waals surface area (Å²) in [7, 11) is 1.80. The Balaban J connectivity index is 2.41. The number of carbonyl (C=O) groups excluding carboxylic acids is 1. The van der Waals surface area contributed by atoms with E-state index in [9.17, 15) is 4.79 Å². The molecule has 1 rings (SSSR count). The Morgan fingerprint density at radius 1 is 1.55 bits per heavy atom. The van der Waals surface area contributed by atoms with Gasteiger partial charge in [0.1, 0.15) is 5.56 Å². The summed E-state index contributed by atoms with van der Waals surface area (Å²) in [6, 6.07) is 0. The molecule has 0 atom stereocenters. The van der Waals surface area contributed by atoms with Crippen LogP contribution in [0.1, 0.15) is 29.9 Å². The number of nitrogens with zero attached hydrogens (tertiary/aromatic N) is 2. The van der Waals surface area contributed by atoms with Crippen molar-refractivity contribution in [3.63, 3.8) is 0 Å². The van der Waals surface area contributed by atoms with E-state index in [1.54, 1.807) is 18.7 Å². The molecule has 6 heteroatoms. The second-order valence-corrected chi connectivity index (χ2v) is 4.54. The fourth-order valence-electron chi connectivity index (χ4n) is 1.65. The number of carbonyl (C=O) groups is 1. The van der Waals surface area contributed by atoms with Crippen molar-refractivity contribution in [2.24, 2.45) is 7.05 Å². The predicted molar refractivity (Wildman–Crippen MR) is 76.5 cm³/mol. The predicted octanol–water partition coefficient (Wildman–Crippen LogP) is 1.28. The van der Waals surface area contributed by atoms with Crippen LogP contribution in [0.3, 0.4) is 0 Å². The summed E-state index contributed by atoms with van der Waals surface area (Å²) in [6.07, 6.45) is 1.53. The van der Waals surface area contributed by atoms with E-state index < -0.39 is 0 Å². The molecule has 6 nitrogen and oxygen atoms in total. The molecular formula is C14H23N3O3. The van der Waals surface area contributed by atoms with Crippen molar-refractivity contribution < 1.29 is 14.3 Å². The molecule has 0 bridgehead atoms. The van der Waals surface area contributed by atoms with Gasteiger partial charge in [-0.25, -0.2) is 4.79 Å². The number of aryl methyl sites for hydroxylation is 1. The van der Waals surface area contributed by atoms with Crippen molar-refractivity contribution in [3.8, 4) is 0 Å². The lowest BCUT2D eigenvalue weighted by molar-refractivity contribution is 0.0524. The first-order chi connectivity index (χ1) is 9.56. The van der Waals surface area contributed by atoms with Crippen molar-refractivity contribution in [2.45, 2.75) is 20.4 Å². The van der Waals surface area contributed by atoms with E-state index in [1.807, 2.05) is 6.92 Å². The first kappa shape index (κ1) is 16.4. The van der Waals surface area contributed by atoms with Gasteiger partial charge in [-0.3, -0.25) is 4.68 Å². The lowest BCUT2D eigenvalue weighted by atomic mass is 10.2. The van der Waals surface area contributed by atoms with Gasteiger partial charge in [0, 0.05) is 20.1 Å². The summed E-state index contributed by atoms with van der Waals surface area (Å²) >= 11 is 0. The Morgan fingerprint density at radius 3 is 2.95 bits per heavy atom. The topological polar surface area (TPSA) is 65.4 Å². The molecule has 0 fully saturated rings. The van der Waals surface area contributed by atoms with Crippen LogP contribution in [0.4, 0.5) is 0 Å². The Labute approximate surface area is 119 Å². The van der Waals surface area contributed by atoms with E-state index in [1.165, 1.54) is 6.20 Å². The lowest BCUT2D eigenvalue weighted by Crippen LogP contribution is -2.22. The second-order valence-electron chi connectivity index (χ2n) is 4.54. The van der Waals surface area contributed by atoms with Crippen LogP contribution in [0, 0.1) is 0 Å². The van der Waals surface area contributed by atoms with Crippen molar-refractivity contribution >= 4 is 5.97 Å². The van der Waals surface area contributed by atoms with Gasteiger partial charge in [-0.15, -0.1) is 0 Å². The first-order valence-corrected chi connectivity index (χ1v) is 6.67. The van der Waals surface area contributed by atoms with E-state index in [-0.39, 0.29) is 5.97 Å². The summed E-state index contributed by atoms with van der Waals surface area (Å²) < 4.78 is 12.1. The Kier molecular flexibility index (Phi) is 6.97. The van der Waals surface area contributed by atoms with Crippen LogP contribution in [-0.2, 0) is 23.1 Å². The highest BCUT2D eigenvalue weighted by atomic mass is 16.5. The minimum atomic E-state index is -0.337. The average molecular weight is 281 g/mol. The standard InChI is InChI=1S/C14H23N3O3/c1-5-20-14(18)12-8-16-17(4)13(12)9-15-6-7-19-10-11(2)3/h8,15H,2,5-7,9-10H2,1,3-4H3. The molecule has 0 amide bonds. The molecule has 0 aliphatic carbocycles. The molecule has 1 heterocycles. The zero-order chi connectivity index (χ0) is 15.0. The van der Waals surface area contributed by atoms with Gasteiger partial charge in [0.25, 0.3) is 0 Å². The number of aromatic nitrogens is 2. The highest BCUT2D eigenvalue weighted by Crippen LogP contribution is 2.09. The van der Waals surface area contributed by atoms with Gasteiger partial charge in [0.2, 0.25) is 0 Å². The van der Waals surface area contributed by atoms with Crippen LogP contribution in [0.2, 0.25) is 0 Å². The molecule has 0 unspecified atom stereocenters. The lowest BCUT2D eigenvalue weighted by Gasteiger charge is -2.08. The third kappa shape index (κ3) is 5.14. The molecule has 1 aromatic rings. The number of hydrogen-bond acceptors (Lipinski definition) is 5. The minimum Gasteiger partial charge on any atom is -0.462 e. The maximum absolute atomic E-state index is 11.8. The molecule has 1 aromatic heterocycles. The van der Waals surface area contributed by atoms with Gasteiger partial charge in [-0.2, -0.15) is 5.10 Å².